The summed E-state index contributed by atoms with van der Waals surface area (Å²) in [5.74, 6) is 1.66. The molecule has 1 aromatic carbocycles. The van der Waals surface area contributed by atoms with Gasteiger partial charge >= 0.3 is 0 Å². The molecule has 2 N–H and O–H groups in total. The number of imidazole rings is 1. The van der Waals surface area contributed by atoms with E-state index in [0.717, 1.165) is 22.7 Å². The monoisotopic (exact) mass is 284 g/mol. The normalized spacial score (nSPS) is 10.8. The van der Waals surface area contributed by atoms with Crippen LogP contribution >= 0.6 is 0 Å². The second-order valence-corrected chi connectivity index (χ2v) is 4.73. The third-order valence-corrected chi connectivity index (χ3v) is 3.22. The second kappa shape index (κ2) is 4.93. The molecule has 3 rings (SSSR count). The Kier molecular flexibility index (Phi) is 3.09. The topological polar surface area (TPSA) is 83.8 Å². The molecule has 0 aliphatic rings. The van der Waals surface area contributed by atoms with Crippen molar-refractivity contribution in [3.63, 3.8) is 0 Å². The maximum Gasteiger partial charge on any atom is 0.218 e. The average molecular weight is 284 g/mol. The van der Waals surface area contributed by atoms with Crippen LogP contribution in [0, 0.1) is 6.92 Å². The third-order valence-electron chi connectivity index (χ3n) is 3.22. The zero-order chi connectivity index (χ0) is 15.0. The van der Waals surface area contributed by atoms with Crippen molar-refractivity contribution in [2.24, 2.45) is 7.05 Å². The Bertz CT molecular complexity index is 769. The number of nitrogens with two attached hydrogens (primary N) is 1. The van der Waals surface area contributed by atoms with Crippen LogP contribution in [-0.2, 0) is 7.05 Å². The highest BCUT2D eigenvalue weighted by Crippen LogP contribution is 2.28. The molecule has 0 bridgehead atoms. The van der Waals surface area contributed by atoms with Gasteiger partial charge in [-0.1, -0.05) is 0 Å². The molecule has 0 amide bonds. The predicted octanol–water partition coefficient (Wildman–Crippen LogP) is 1.57. The predicted molar refractivity (Wildman–Crippen MR) is 79.3 cm³/mol. The lowest BCUT2D eigenvalue weighted by molar-refractivity contribution is 0.413. The minimum absolute atomic E-state index is 0.373. The number of rotatable bonds is 3. The van der Waals surface area contributed by atoms with Crippen LogP contribution in [0.1, 0.15) is 5.69 Å². The summed E-state index contributed by atoms with van der Waals surface area (Å²) in [5, 5.41) is 4.27. The lowest BCUT2D eigenvalue weighted by Gasteiger charge is -2.10. The SMILES string of the molecule is COc1cc(-c2nc(N)n(C)n2)ccc1-n1cnc(C)c1. The quantitative estimate of drug-likeness (QED) is 0.789. The molecule has 21 heavy (non-hydrogen) atoms. The maximum atomic E-state index is 5.72. The molecule has 0 aliphatic heterocycles. The molecular weight excluding hydrogens is 268 g/mol. The van der Waals surface area contributed by atoms with Gasteiger partial charge in [0.05, 0.1) is 24.8 Å². The van der Waals surface area contributed by atoms with Crippen molar-refractivity contribution >= 4 is 5.95 Å². The molecule has 0 aliphatic carbocycles. The summed E-state index contributed by atoms with van der Waals surface area (Å²) >= 11 is 0. The van der Waals surface area contributed by atoms with Crippen LogP contribution in [0.15, 0.2) is 30.7 Å². The Hall–Kier alpha value is -2.83. The first-order valence-electron chi connectivity index (χ1n) is 6.44. The molecule has 7 heteroatoms. The zero-order valence-corrected chi connectivity index (χ0v) is 12.1. The zero-order valence-electron chi connectivity index (χ0n) is 12.1. The molecule has 0 saturated heterocycles. The van der Waals surface area contributed by atoms with Gasteiger partial charge < -0.3 is 15.0 Å². The van der Waals surface area contributed by atoms with Crippen LogP contribution in [0.25, 0.3) is 17.1 Å². The summed E-state index contributed by atoms with van der Waals surface area (Å²) in [6.45, 7) is 1.94. The van der Waals surface area contributed by atoms with Gasteiger partial charge in [0.2, 0.25) is 5.95 Å². The molecule has 0 atom stereocenters. The summed E-state index contributed by atoms with van der Waals surface area (Å²) in [6, 6.07) is 5.77. The number of nitrogens with zero attached hydrogens (tertiary/aromatic N) is 5. The van der Waals surface area contributed by atoms with Crippen LogP contribution in [0.3, 0.4) is 0 Å². The van der Waals surface area contributed by atoms with Gasteiger partial charge in [-0.05, 0) is 25.1 Å². The van der Waals surface area contributed by atoms with Crippen LogP contribution in [0.5, 0.6) is 5.75 Å². The Morgan fingerprint density at radius 2 is 2.10 bits per heavy atom. The fourth-order valence-corrected chi connectivity index (χ4v) is 2.10. The number of hydrogen-bond donors (Lipinski definition) is 1. The number of anilines is 1. The van der Waals surface area contributed by atoms with Gasteiger partial charge in [-0.3, -0.25) is 0 Å². The van der Waals surface area contributed by atoms with E-state index in [1.807, 2.05) is 35.9 Å². The van der Waals surface area contributed by atoms with Crippen LogP contribution in [-0.4, -0.2) is 31.4 Å². The van der Waals surface area contributed by atoms with Crippen molar-refractivity contribution in [1.29, 1.82) is 0 Å². The number of methoxy groups -OCH3 is 1. The van der Waals surface area contributed by atoms with Crippen molar-refractivity contribution in [2.75, 3.05) is 12.8 Å². The van der Waals surface area contributed by atoms with Gasteiger partial charge in [-0.15, -0.1) is 5.10 Å². The summed E-state index contributed by atoms with van der Waals surface area (Å²) in [7, 11) is 3.39. The van der Waals surface area contributed by atoms with Crippen LogP contribution in [0.4, 0.5) is 5.95 Å². The van der Waals surface area contributed by atoms with Gasteiger partial charge in [0.25, 0.3) is 0 Å². The van der Waals surface area contributed by atoms with E-state index in [-0.39, 0.29) is 0 Å². The van der Waals surface area contributed by atoms with Gasteiger partial charge in [0, 0.05) is 18.8 Å². The standard InChI is InChI=1S/C14H16N6O/c1-9-7-20(8-16-9)11-5-4-10(6-12(11)21-3)13-17-14(15)19(2)18-13/h4-8H,1-3H3,(H2,15,17,18). The molecule has 0 spiro atoms. The average Bonchev–Trinajstić information content (AvgIpc) is 3.05. The highest BCUT2D eigenvalue weighted by Gasteiger charge is 2.12. The largest absolute Gasteiger partial charge is 0.495 e. The fourth-order valence-electron chi connectivity index (χ4n) is 2.10. The number of nitrogen functional groups attached to an aromatic ring is 1. The minimum atomic E-state index is 0.373. The summed E-state index contributed by atoms with van der Waals surface area (Å²) < 4.78 is 8.92. The van der Waals surface area contributed by atoms with Gasteiger partial charge in [0.15, 0.2) is 5.82 Å². The number of hydrogen-bond acceptors (Lipinski definition) is 5. The smallest absolute Gasteiger partial charge is 0.218 e. The van der Waals surface area contributed by atoms with E-state index in [4.69, 9.17) is 10.5 Å². The summed E-state index contributed by atoms with van der Waals surface area (Å²) in [4.78, 5) is 8.44. The van der Waals surface area contributed by atoms with E-state index in [1.54, 1.807) is 20.5 Å². The van der Waals surface area contributed by atoms with Gasteiger partial charge in [-0.2, -0.15) is 4.98 Å². The lowest BCUT2D eigenvalue weighted by atomic mass is 10.1. The van der Waals surface area contributed by atoms with E-state index >= 15 is 0 Å². The maximum absolute atomic E-state index is 5.72. The Labute approximate surface area is 122 Å². The fraction of sp³-hybridized carbons (Fsp3) is 0.214. The molecule has 0 unspecified atom stereocenters. The molecule has 0 saturated carbocycles. The van der Waals surface area contributed by atoms with Crippen molar-refractivity contribution in [3.05, 3.63) is 36.4 Å². The molecule has 3 aromatic rings. The second-order valence-electron chi connectivity index (χ2n) is 4.73. The molecule has 0 radical (unpaired) electrons. The molecule has 108 valence electrons. The highest BCUT2D eigenvalue weighted by molar-refractivity contribution is 5.63. The first-order chi connectivity index (χ1) is 10.1. The van der Waals surface area contributed by atoms with Crippen molar-refractivity contribution in [3.8, 4) is 22.8 Å². The van der Waals surface area contributed by atoms with Crippen LogP contribution < -0.4 is 10.5 Å². The Morgan fingerprint density at radius 1 is 1.29 bits per heavy atom. The summed E-state index contributed by atoms with van der Waals surface area (Å²) in [5.41, 5.74) is 8.42. The van der Waals surface area contributed by atoms with Crippen LogP contribution in [0.2, 0.25) is 0 Å². The third kappa shape index (κ3) is 2.33. The number of aryl methyl sites for hydroxylation is 2. The molecule has 7 nitrogen and oxygen atoms in total. The lowest BCUT2D eigenvalue weighted by Crippen LogP contribution is -1.97. The van der Waals surface area contributed by atoms with E-state index in [1.165, 1.54) is 4.68 Å². The highest BCUT2D eigenvalue weighted by atomic mass is 16.5. The van der Waals surface area contributed by atoms with E-state index in [2.05, 4.69) is 15.1 Å². The minimum Gasteiger partial charge on any atom is -0.495 e. The Morgan fingerprint density at radius 3 is 2.67 bits per heavy atom. The molecule has 2 heterocycles. The van der Waals surface area contributed by atoms with Gasteiger partial charge in [0.1, 0.15) is 5.75 Å². The molecule has 0 fully saturated rings. The first kappa shape index (κ1) is 13.2. The number of benzene rings is 1. The number of aromatic nitrogens is 5. The van der Waals surface area contributed by atoms with Gasteiger partial charge in [-0.25, -0.2) is 9.67 Å². The van der Waals surface area contributed by atoms with Crippen molar-refractivity contribution < 1.29 is 4.74 Å². The van der Waals surface area contributed by atoms with Crippen molar-refractivity contribution in [2.45, 2.75) is 6.92 Å². The van der Waals surface area contributed by atoms with E-state index < -0.39 is 0 Å². The molecular formula is C14H16N6O. The Balaban J connectivity index is 2.06. The summed E-state index contributed by atoms with van der Waals surface area (Å²) in [6.07, 6.45) is 3.69. The van der Waals surface area contributed by atoms with E-state index in [9.17, 15) is 0 Å². The molecule has 2 aromatic heterocycles. The van der Waals surface area contributed by atoms with Crippen molar-refractivity contribution in [1.82, 2.24) is 24.3 Å². The number of ether oxygens (including phenoxy) is 1. The van der Waals surface area contributed by atoms with E-state index in [0.29, 0.717) is 11.8 Å². The first-order valence-corrected chi connectivity index (χ1v) is 6.44.